The van der Waals surface area contributed by atoms with Crippen LogP contribution in [0.4, 0.5) is 14.5 Å². The van der Waals surface area contributed by atoms with Crippen LogP contribution in [0, 0.1) is 0 Å². The first-order chi connectivity index (χ1) is 9.63. The van der Waals surface area contributed by atoms with E-state index in [1.165, 1.54) is 6.07 Å². The van der Waals surface area contributed by atoms with Gasteiger partial charge in [-0.05, 0) is 18.2 Å². The highest BCUT2D eigenvalue weighted by atomic mass is 32.2. The van der Waals surface area contributed by atoms with Crippen LogP contribution in [-0.2, 0) is 14.8 Å². The lowest BCUT2D eigenvalue weighted by molar-refractivity contribution is -0.0437. The van der Waals surface area contributed by atoms with E-state index in [0.29, 0.717) is 0 Å². The SMILES string of the molecule is COC(=O)c1cc(N)ccc1S(=O)(=O)NCC(F)(F)CO. The van der Waals surface area contributed by atoms with Crippen molar-refractivity contribution in [3.63, 3.8) is 0 Å². The predicted molar refractivity (Wildman–Crippen MR) is 69.4 cm³/mol. The molecule has 0 unspecified atom stereocenters. The number of nitrogens with one attached hydrogen (secondary N) is 1. The minimum Gasteiger partial charge on any atom is -0.465 e. The summed E-state index contributed by atoms with van der Waals surface area (Å²) in [5.74, 6) is -4.59. The second-order valence-corrected chi connectivity index (χ2v) is 5.82. The number of sulfonamides is 1. The van der Waals surface area contributed by atoms with E-state index >= 15 is 0 Å². The molecular weight excluding hydrogens is 310 g/mol. The van der Waals surface area contributed by atoms with Crippen LogP contribution in [0.25, 0.3) is 0 Å². The zero-order chi connectivity index (χ0) is 16.3. The van der Waals surface area contributed by atoms with Crippen molar-refractivity contribution in [2.24, 2.45) is 0 Å². The van der Waals surface area contributed by atoms with Gasteiger partial charge in [-0.2, -0.15) is 0 Å². The molecule has 21 heavy (non-hydrogen) atoms. The van der Waals surface area contributed by atoms with E-state index in [4.69, 9.17) is 10.8 Å². The summed E-state index contributed by atoms with van der Waals surface area (Å²) in [4.78, 5) is 11.0. The highest BCUT2D eigenvalue weighted by molar-refractivity contribution is 7.89. The van der Waals surface area contributed by atoms with Gasteiger partial charge in [-0.25, -0.2) is 26.7 Å². The molecule has 0 aromatic heterocycles. The molecule has 0 aliphatic rings. The quantitative estimate of drug-likeness (QED) is 0.499. The maximum Gasteiger partial charge on any atom is 0.339 e. The second-order valence-electron chi connectivity index (χ2n) is 4.09. The number of aliphatic hydroxyl groups is 1. The molecule has 118 valence electrons. The fourth-order valence-electron chi connectivity index (χ4n) is 1.39. The molecule has 10 heteroatoms. The lowest BCUT2D eigenvalue weighted by atomic mass is 10.2. The molecule has 0 bridgehead atoms. The van der Waals surface area contributed by atoms with Crippen LogP contribution in [0.5, 0.6) is 0 Å². The minimum absolute atomic E-state index is 0.107. The molecule has 0 aliphatic heterocycles. The highest BCUT2D eigenvalue weighted by Crippen LogP contribution is 2.20. The summed E-state index contributed by atoms with van der Waals surface area (Å²) < 4.78 is 55.8. The van der Waals surface area contributed by atoms with E-state index < -0.39 is 40.0 Å². The third kappa shape index (κ3) is 4.34. The molecule has 0 spiro atoms. The van der Waals surface area contributed by atoms with E-state index in [0.717, 1.165) is 19.2 Å². The third-order valence-corrected chi connectivity index (χ3v) is 3.91. The molecule has 4 N–H and O–H groups in total. The normalized spacial score (nSPS) is 12.2. The van der Waals surface area contributed by atoms with Gasteiger partial charge in [0.15, 0.2) is 0 Å². The molecule has 0 aliphatic carbocycles. The Morgan fingerprint density at radius 3 is 2.62 bits per heavy atom. The van der Waals surface area contributed by atoms with Gasteiger partial charge < -0.3 is 15.6 Å². The topological polar surface area (TPSA) is 119 Å². The lowest BCUT2D eigenvalue weighted by Gasteiger charge is -2.15. The highest BCUT2D eigenvalue weighted by Gasteiger charge is 2.31. The zero-order valence-corrected chi connectivity index (χ0v) is 11.8. The summed E-state index contributed by atoms with van der Waals surface area (Å²) in [5, 5.41) is 8.40. The molecule has 1 rings (SSSR count). The van der Waals surface area contributed by atoms with Gasteiger partial charge in [0.25, 0.3) is 5.92 Å². The van der Waals surface area contributed by atoms with Gasteiger partial charge in [0.1, 0.15) is 6.61 Å². The van der Waals surface area contributed by atoms with Crippen molar-refractivity contribution in [1.82, 2.24) is 4.72 Å². The van der Waals surface area contributed by atoms with Crippen LogP contribution in [0.3, 0.4) is 0 Å². The van der Waals surface area contributed by atoms with Crippen molar-refractivity contribution in [3.05, 3.63) is 23.8 Å². The van der Waals surface area contributed by atoms with Crippen molar-refractivity contribution in [1.29, 1.82) is 0 Å². The van der Waals surface area contributed by atoms with Crippen LogP contribution in [-0.4, -0.2) is 45.7 Å². The van der Waals surface area contributed by atoms with Crippen molar-refractivity contribution < 1.29 is 31.8 Å². The van der Waals surface area contributed by atoms with E-state index in [9.17, 15) is 22.0 Å². The molecule has 1 aromatic rings. The number of aliphatic hydroxyl groups excluding tert-OH is 1. The summed E-state index contributed by atoms with van der Waals surface area (Å²) >= 11 is 0. The predicted octanol–water partition coefficient (Wildman–Crippen LogP) is -0.0387. The van der Waals surface area contributed by atoms with Crippen LogP contribution >= 0.6 is 0 Å². The largest absolute Gasteiger partial charge is 0.465 e. The Kier molecular flexibility index (Phi) is 5.20. The average Bonchev–Trinajstić information content (AvgIpc) is 2.44. The first-order valence-electron chi connectivity index (χ1n) is 5.59. The van der Waals surface area contributed by atoms with Gasteiger partial charge in [0, 0.05) is 5.69 Å². The van der Waals surface area contributed by atoms with E-state index in [2.05, 4.69) is 4.74 Å². The molecule has 0 atom stereocenters. The number of methoxy groups -OCH3 is 1. The third-order valence-electron chi connectivity index (χ3n) is 2.45. The summed E-state index contributed by atoms with van der Waals surface area (Å²) in [7, 11) is -3.37. The summed E-state index contributed by atoms with van der Waals surface area (Å²) in [5.41, 5.74) is 5.18. The number of hydrogen-bond donors (Lipinski definition) is 3. The van der Waals surface area contributed by atoms with Crippen molar-refractivity contribution >= 4 is 21.7 Å². The van der Waals surface area contributed by atoms with Crippen LogP contribution in [0.2, 0.25) is 0 Å². The Morgan fingerprint density at radius 1 is 1.48 bits per heavy atom. The van der Waals surface area contributed by atoms with Gasteiger partial charge >= 0.3 is 5.97 Å². The molecular formula is C11H14F2N2O5S. The number of halogens is 2. The second kappa shape index (κ2) is 6.33. The monoisotopic (exact) mass is 324 g/mol. The number of ether oxygens (including phenoxy) is 1. The number of hydrogen-bond acceptors (Lipinski definition) is 6. The van der Waals surface area contributed by atoms with Crippen LogP contribution in [0.1, 0.15) is 10.4 Å². The summed E-state index contributed by atoms with van der Waals surface area (Å²) in [6, 6.07) is 3.26. The summed E-state index contributed by atoms with van der Waals surface area (Å²) in [6.07, 6.45) is 0. The fourth-order valence-corrected chi connectivity index (χ4v) is 2.62. The van der Waals surface area contributed by atoms with Gasteiger partial charge in [-0.3, -0.25) is 0 Å². The number of nitrogen functional groups attached to an aromatic ring is 1. The van der Waals surface area contributed by atoms with Crippen molar-refractivity contribution in [2.45, 2.75) is 10.8 Å². The minimum atomic E-state index is -4.40. The Hall–Kier alpha value is -1.78. The number of benzene rings is 1. The van der Waals surface area contributed by atoms with Crippen molar-refractivity contribution in [2.75, 3.05) is 26.0 Å². The van der Waals surface area contributed by atoms with Gasteiger partial charge in [0.05, 0.1) is 24.1 Å². The average molecular weight is 324 g/mol. The molecule has 0 heterocycles. The number of carbonyl (C=O) groups is 1. The molecule has 0 saturated heterocycles. The lowest BCUT2D eigenvalue weighted by Crippen LogP contribution is -2.39. The number of anilines is 1. The maximum absolute atomic E-state index is 12.9. The van der Waals surface area contributed by atoms with Gasteiger partial charge in [-0.15, -0.1) is 0 Å². The number of rotatable bonds is 6. The molecule has 0 amide bonds. The number of alkyl halides is 2. The summed E-state index contributed by atoms with van der Waals surface area (Å²) in [6.45, 7) is -2.82. The smallest absolute Gasteiger partial charge is 0.339 e. The van der Waals surface area contributed by atoms with E-state index in [1.54, 1.807) is 4.72 Å². The van der Waals surface area contributed by atoms with Crippen LogP contribution in [0.15, 0.2) is 23.1 Å². The van der Waals surface area contributed by atoms with Gasteiger partial charge in [0.2, 0.25) is 10.0 Å². The van der Waals surface area contributed by atoms with Gasteiger partial charge in [-0.1, -0.05) is 0 Å². The molecule has 0 saturated carbocycles. The number of esters is 1. The first kappa shape index (κ1) is 17.3. The maximum atomic E-state index is 12.9. The molecule has 7 nitrogen and oxygen atoms in total. The number of nitrogens with two attached hydrogens (primary N) is 1. The standard InChI is InChI=1S/C11H14F2N2O5S/c1-20-10(17)8-4-7(14)2-3-9(8)21(18,19)15-5-11(12,13)6-16/h2-4,15-16H,5-6,14H2,1H3. The van der Waals surface area contributed by atoms with Crippen molar-refractivity contribution in [3.8, 4) is 0 Å². The first-order valence-corrected chi connectivity index (χ1v) is 7.07. The van der Waals surface area contributed by atoms with Crippen LogP contribution < -0.4 is 10.5 Å². The molecule has 0 radical (unpaired) electrons. The fraction of sp³-hybridized carbons (Fsp3) is 0.364. The molecule has 0 fully saturated rings. The molecule has 1 aromatic carbocycles. The zero-order valence-electron chi connectivity index (χ0n) is 11.0. The Bertz CT molecular complexity index is 634. The van der Waals surface area contributed by atoms with E-state index in [1.807, 2.05) is 0 Å². The van der Waals surface area contributed by atoms with E-state index in [-0.39, 0.29) is 11.3 Å². The Balaban J connectivity index is 3.17. The number of carbonyl (C=O) groups excluding carboxylic acids is 1. The Labute approximate surface area is 119 Å². The Morgan fingerprint density at radius 2 is 2.10 bits per heavy atom.